The van der Waals surface area contributed by atoms with Crippen molar-refractivity contribution in [2.24, 2.45) is 0 Å². The Labute approximate surface area is 128 Å². The van der Waals surface area contributed by atoms with Crippen LogP contribution in [0.25, 0.3) is 10.9 Å². The van der Waals surface area contributed by atoms with E-state index in [9.17, 15) is 0 Å². The number of anilines is 2. The molecule has 0 N–H and O–H groups in total. The zero-order valence-electron chi connectivity index (χ0n) is 12.1. The maximum atomic E-state index is 4.49. The molecule has 0 bridgehead atoms. The van der Waals surface area contributed by atoms with Gasteiger partial charge >= 0.3 is 0 Å². The van der Waals surface area contributed by atoms with Gasteiger partial charge in [-0.1, -0.05) is 12.1 Å². The first-order valence-electron chi connectivity index (χ1n) is 7.38. The lowest BCUT2D eigenvalue weighted by molar-refractivity contribution is 0.636. The van der Waals surface area contributed by atoms with E-state index in [1.165, 1.54) is 0 Å². The van der Waals surface area contributed by atoms with Crippen LogP contribution < -0.4 is 9.80 Å². The molecule has 2 aromatic heterocycles. The normalized spacial score (nSPS) is 15.3. The molecule has 1 aliphatic heterocycles. The first-order chi connectivity index (χ1) is 10.9. The van der Waals surface area contributed by atoms with Crippen molar-refractivity contribution in [3.05, 3.63) is 49.1 Å². The molecule has 110 valence electrons. The Morgan fingerprint density at radius 2 is 1.45 bits per heavy atom. The van der Waals surface area contributed by atoms with Crippen LogP contribution in [-0.2, 0) is 0 Å². The summed E-state index contributed by atoms with van der Waals surface area (Å²) in [6.07, 6.45) is 5.21. The van der Waals surface area contributed by atoms with E-state index in [1.54, 1.807) is 18.7 Å². The number of piperazine rings is 1. The highest BCUT2D eigenvalue weighted by Crippen LogP contribution is 2.24. The summed E-state index contributed by atoms with van der Waals surface area (Å²) in [5.41, 5.74) is 0.987. The van der Waals surface area contributed by atoms with Gasteiger partial charge < -0.3 is 9.80 Å². The molecule has 0 aliphatic carbocycles. The fraction of sp³-hybridized carbons (Fsp3) is 0.250. The summed E-state index contributed by atoms with van der Waals surface area (Å²) in [4.78, 5) is 22.0. The highest BCUT2D eigenvalue weighted by molar-refractivity contribution is 5.89. The number of fused-ring (bicyclic) bond motifs is 1. The van der Waals surface area contributed by atoms with Crippen molar-refractivity contribution in [3.63, 3.8) is 0 Å². The number of rotatable bonds is 2. The Balaban J connectivity index is 1.56. The van der Waals surface area contributed by atoms with Crippen molar-refractivity contribution in [2.75, 3.05) is 36.0 Å². The molecule has 0 spiro atoms. The Kier molecular flexibility index (Phi) is 3.27. The molecule has 1 fully saturated rings. The van der Waals surface area contributed by atoms with Crippen molar-refractivity contribution in [2.45, 2.75) is 0 Å². The quantitative estimate of drug-likeness (QED) is 0.717. The lowest BCUT2D eigenvalue weighted by Crippen LogP contribution is -2.47. The zero-order chi connectivity index (χ0) is 14.8. The van der Waals surface area contributed by atoms with Crippen LogP contribution in [-0.4, -0.2) is 46.1 Å². The Bertz CT molecular complexity index is 762. The second-order valence-electron chi connectivity index (χ2n) is 5.24. The van der Waals surface area contributed by atoms with Crippen LogP contribution in [0.4, 0.5) is 11.8 Å². The van der Waals surface area contributed by atoms with E-state index in [-0.39, 0.29) is 0 Å². The predicted molar refractivity (Wildman–Crippen MR) is 86.0 cm³/mol. The molecule has 0 atom stereocenters. The molecule has 22 heavy (non-hydrogen) atoms. The molecule has 0 amide bonds. The van der Waals surface area contributed by atoms with Crippen molar-refractivity contribution < 1.29 is 0 Å². The average molecular weight is 292 g/mol. The minimum atomic E-state index is 0.801. The molecule has 0 radical (unpaired) electrons. The van der Waals surface area contributed by atoms with E-state index in [0.29, 0.717) is 0 Å². The summed E-state index contributed by atoms with van der Waals surface area (Å²) < 4.78 is 0. The minimum absolute atomic E-state index is 0.801. The summed E-state index contributed by atoms with van der Waals surface area (Å²) >= 11 is 0. The molecule has 3 heterocycles. The van der Waals surface area contributed by atoms with Crippen LogP contribution in [0.1, 0.15) is 0 Å². The van der Waals surface area contributed by atoms with Gasteiger partial charge in [-0.3, -0.25) is 0 Å². The number of nitrogens with zero attached hydrogens (tertiary/aromatic N) is 6. The van der Waals surface area contributed by atoms with Crippen molar-refractivity contribution in [3.8, 4) is 0 Å². The molecular weight excluding hydrogens is 276 g/mol. The molecule has 0 saturated carbocycles. The van der Waals surface area contributed by atoms with E-state index < -0.39 is 0 Å². The minimum Gasteiger partial charge on any atom is -0.352 e. The Morgan fingerprint density at radius 1 is 0.727 bits per heavy atom. The molecule has 1 aliphatic rings. The first kappa shape index (κ1) is 12.9. The van der Waals surface area contributed by atoms with Gasteiger partial charge in [0.25, 0.3) is 0 Å². The van der Waals surface area contributed by atoms with Gasteiger partial charge in [0.1, 0.15) is 12.1 Å². The second kappa shape index (κ2) is 5.55. The third-order valence-corrected chi connectivity index (χ3v) is 3.94. The predicted octanol–water partition coefficient (Wildman–Crippen LogP) is 1.75. The third-order valence-electron chi connectivity index (χ3n) is 3.94. The van der Waals surface area contributed by atoms with Crippen LogP contribution in [0.2, 0.25) is 0 Å². The molecule has 6 heteroatoms. The largest absolute Gasteiger partial charge is 0.352 e. The number of aromatic nitrogens is 4. The lowest BCUT2D eigenvalue weighted by atomic mass is 10.2. The van der Waals surface area contributed by atoms with Gasteiger partial charge in [-0.05, 0) is 18.2 Å². The smallest absolute Gasteiger partial charge is 0.225 e. The average Bonchev–Trinajstić information content (AvgIpc) is 2.62. The molecule has 1 saturated heterocycles. The van der Waals surface area contributed by atoms with Gasteiger partial charge in [0.15, 0.2) is 0 Å². The standard InChI is InChI=1S/C16H16N6/c1-2-5-14-13(4-1)15(20-12-19-14)21-8-10-22(11-9-21)16-17-6-3-7-18-16/h1-7,12H,8-11H2. The van der Waals surface area contributed by atoms with Gasteiger partial charge in [0.05, 0.1) is 5.52 Å². The fourth-order valence-electron chi connectivity index (χ4n) is 2.82. The third kappa shape index (κ3) is 2.32. The molecule has 1 aromatic carbocycles. The molecular formula is C16H16N6. The van der Waals surface area contributed by atoms with Crippen molar-refractivity contribution in [1.29, 1.82) is 0 Å². The first-order valence-corrected chi connectivity index (χ1v) is 7.38. The number of hydrogen-bond donors (Lipinski definition) is 0. The fourth-order valence-corrected chi connectivity index (χ4v) is 2.82. The number of benzene rings is 1. The number of hydrogen-bond acceptors (Lipinski definition) is 6. The van der Waals surface area contributed by atoms with Crippen molar-refractivity contribution in [1.82, 2.24) is 19.9 Å². The molecule has 0 unspecified atom stereocenters. The van der Waals surface area contributed by atoms with Gasteiger partial charge in [-0.15, -0.1) is 0 Å². The lowest BCUT2D eigenvalue weighted by Gasteiger charge is -2.35. The van der Waals surface area contributed by atoms with E-state index in [4.69, 9.17) is 0 Å². The summed E-state index contributed by atoms with van der Waals surface area (Å²) in [7, 11) is 0. The van der Waals surface area contributed by atoms with Gasteiger partial charge in [-0.2, -0.15) is 0 Å². The van der Waals surface area contributed by atoms with E-state index in [1.807, 2.05) is 24.3 Å². The summed E-state index contributed by atoms with van der Waals surface area (Å²) in [6.45, 7) is 3.59. The zero-order valence-corrected chi connectivity index (χ0v) is 12.1. The van der Waals surface area contributed by atoms with Crippen LogP contribution in [0, 0.1) is 0 Å². The van der Waals surface area contributed by atoms with Gasteiger partial charge in [0, 0.05) is 44.0 Å². The van der Waals surface area contributed by atoms with Gasteiger partial charge in [-0.25, -0.2) is 19.9 Å². The molecule has 4 rings (SSSR count). The van der Waals surface area contributed by atoms with Crippen LogP contribution >= 0.6 is 0 Å². The van der Waals surface area contributed by atoms with E-state index in [2.05, 4.69) is 35.8 Å². The maximum Gasteiger partial charge on any atom is 0.225 e. The summed E-state index contributed by atoms with van der Waals surface area (Å²) in [5.74, 6) is 1.81. The highest BCUT2D eigenvalue weighted by atomic mass is 15.3. The van der Waals surface area contributed by atoms with Crippen molar-refractivity contribution >= 4 is 22.7 Å². The topological polar surface area (TPSA) is 58.0 Å². The maximum absolute atomic E-state index is 4.49. The number of para-hydroxylation sites is 1. The molecule has 6 nitrogen and oxygen atoms in total. The van der Waals surface area contributed by atoms with E-state index >= 15 is 0 Å². The van der Waals surface area contributed by atoms with Gasteiger partial charge in [0.2, 0.25) is 5.95 Å². The van der Waals surface area contributed by atoms with Crippen LogP contribution in [0.15, 0.2) is 49.1 Å². The van der Waals surface area contributed by atoms with E-state index in [0.717, 1.165) is 48.8 Å². The highest BCUT2D eigenvalue weighted by Gasteiger charge is 2.21. The van der Waals surface area contributed by atoms with Crippen LogP contribution in [0.3, 0.4) is 0 Å². The molecule has 3 aromatic rings. The van der Waals surface area contributed by atoms with Crippen LogP contribution in [0.5, 0.6) is 0 Å². The Morgan fingerprint density at radius 3 is 2.27 bits per heavy atom. The second-order valence-corrected chi connectivity index (χ2v) is 5.24. The summed E-state index contributed by atoms with van der Waals surface area (Å²) in [5, 5.41) is 1.11. The Hall–Kier alpha value is -2.76. The SMILES string of the molecule is c1cnc(N2CCN(c3ncnc4ccccc34)CC2)nc1. The summed E-state index contributed by atoms with van der Waals surface area (Å²) in [6, 6.07) is 9.98. The monoisotopic (exact) mass is 292 g/mol.